The van der Waals surface area contributed by atoms with E-state index in [0.29, 0.717) is 13.0 Å². The number of aliphatic carboxylic acids is 1. The highest BCUT2D eigenvalue weighted by Crippen LogP contribution is 2.17. The molecular formula is C16H28FN3O4. The summed E-state index contributed by atoms with van der Waals surface area (Å²) in [5.74, 6) is -1.85. The number of carboxylic acid groups (broad SMARTS) is 1. The molecule has 24 heavy (non-hydrogen) atoms. The third-order valence-electron chi connectivity index (χ3n) is 4.09. The minimum atomic E-state index is -1.47. The van der Waals surface area contributed by atoms with Crippen LogP contribution in [0.3, 0.4) is 0 Å². The smallest absolute Gasteiger partial charge is 0.328 e. The number of nitrogens with one attached hydrogen (secondary N) is 3. The van der Waals surface area contributed by atoms with Gasteiger partial charge in [-0.1, -0.05) is 25.7 Å². The summed E-state index contributed by atoms with van der Waals surface area (Å²) in [4.78, 5) is 33.7. The SMILES string of the molecule is O=C(CCCCCNC(=O)NC1CCCCC1)NC(CF)C(=O)O. The average Bonchev–Trinajstić information content (AvgIpc) is 2.56. The molecule has 1 atom stereocenters. The van der Waals surface area contributed by atoms with Crippen molar-refractivity contribution in [3.8, 4) is 0 Å². The lowest BCUT2D eigenvalue weighted by molar-refractivity contribution is -0.142. The first-order valence-corrected chi connectivity index (χ1v) is 8.65. The number of hydrogen-bond acceptors (Lipinski definition) is 3. The van der Waals surface area contributed by atoms with Gasteiger partial charge < -0.3 is 21.1 Å². The van der Waals surface area contributed by atoms with Gasteiger partial charge in [0.1, 0.15) is 6.67 Å². The molecule has 1 aliphatic carbocycles. The van der Waals surface area contributed by atoms with Crippen LogP contribution in [-0.4, -0.2) is 48.3 Å². The van der Waals surface area contributed by atoms with Crippen LogP contribution in [0, 0.1) is 0 Å². The van der Waals surface area contributed by atoms with Crippen molar-refractivity contribution >= 4 is 17.9 Å². The van der Waals surface area contributed by atoms with Crippen LogP contribution in [0.1, 0.15) is 57.8 Å². The summed E-state index contributed by atoms with van der Waals surface area (Å²) in [7, 11) is 0. The molecule has 0 heterocycles. The highest BCUT2D eigenvalue weighted by atomic mass is 19.1. The molecule has 4 N–H and O–H groups in total. The monoisotopic (exact) mass is 345 g/mol. The number of carboxylic acids is 1. The summed E-state index contributed by atoms with van der Waals surface area (Å²) in [6.07, 6.45) is 7.83. The van der Waals surface area contributed by atoms with Gasteiger partial charge in [0.25, 0.3) is 0 Å². The molecule has 7 nitrogen and oxygen atoms in total. The molecule has 0 bridgehead atoms. The van der Waals surface area contributed by atoms with Gasteiger partial charge in [-0.05, 0) is 25.7 Å². The second-order valence-corrected chi connectivity index (χ2v) is 6.16. The summed E-state index contributed by atoms with van der Waals surface area (Å²) in [5, 5.41) is 16.5. The molecule has 0 aromatic carbocycles. The molecule has 3 amide bonds. The number of hydrogen-bond donors (Lipinski definition) is 4. The minimum absolute atomic E-state index is 0.146. The number of carbonyl (C=O) groups excluding carboxylic acids is 2. The van der Waals surface area contributed by atoms with Crippen LogP contribution in [-0.2, 0) is 9.59 Å². The first-order chi connectivity index (χ1) is 11.5. The lowest BCUT2D eigenvalue weighted by atomic mass is 9.96. The highest BCUT2D eigenvalue weighted by Gasteiger charge is 2.19. The van der Waals surface area contributed by atoms with Gasteiger partial charge in [-0.3, -0.25) is 4.79 Å². The van der Waals surface area contributed by atoms with E-state index in [1.54, 1.807) is 0 Å². The zero-order chi connectivity index (χ0) is 17.8. The van der Waals surface area contributed by atoms with Gasteiger partial charge in [0.15, 0.2) is 6.04 Å². The van der Waals surface area contributed by atoms with Gasteiger partial charge in [0, 0.05) is 19.0 Å². The fourth-order valence-corrected chi connectivity index (χ4v) is 2.71. The Morgan fingerprint density at radius 2 is 1.79 bits per heavy atom. The maximum Gasteiger partial charge on any atom is 0.328 e. The molecule has 0 spiro atoms. The van der Waals surface area contributed by atoms with Crippen LogP contribution in [0.25, 0.3) is 0 Å². The number of alkyl halides is 1. The van der Waals surface area contributed by atoms with E-state index in [9.17, 15) is 18.8 Å². The molecule has 0 saturated heterocycles. The molecular weight excluding hydrogens is 317 g/mol. The standard InChI is InChI=1S/C16H28FN3O4/c17-11-13(15(22)23)20-14(21)9-5-2-6-10-18-16(24)19-12-7-3-1-4-8-12/h12-13H,1-11H2,(H,20,21)(H,22,23)(H2,18,19,24). The maximum absolute atomic E-state index is 12.4. The first kappa shape index (κ1) is 20.2. The van der Waals surface area contributed by atoms with Crippen molar-refractivity contribution in [1.29, 1.82) is 0 Å². The summed E-state index contributed by atoms with van der Waals surface area (Å²) in [6.45, 7) is -0.594. The number of urea groups is 1. The van der Waals surface area contributed by atoms with Crippen molar-refractivity contribution in [2.75, 3.05) is 13.2 Å². The summed E-state index contributed by atoms with van der Waals surface area (Å²) in [6, 6.07) is -1.34. The first-order valence-electron chi connectivity index (χ1n) is 8.65. The Hall–Kier alpha value is -1.86. The van der Waals surface area contributed by atoms with Crippen LogP contribution in [0.4, 0.5) is 9.18 Å². The zero-order valence-corrected chi connectivity index (χ0v) is 14.0. The molecule has 1 unspecified atom stereocenters. The van der Waals surface area contributed by atoms with Gasteiger partial charge in [-0.2, -0.15) is 0 Å². The predicted molar refractivity (Wildman–Crippen MR) is 87.4 cm³/mol. The van der Waals surface area contributed by atoms with Crippen molar-refractivity contribution in [2.45, 2.75) is 69.9 Å². The molecule has 138 valence electrons. The zero-order valence-electron chi connectivity index (χ0n) is 14.0. The van der Waals surface area contributed by atoms with Crippen molar-refractivity contribution < 1.29 is 23.9 Å². The van der Waals surface area contributed by atoms with E-state index >= 15 is 0 Å². The Morgan fingerprint density at radius 3 is 2.42 bits per heavy atom. The topological polar surface area (TPSA) is 108 Å². The molecule has 1 rings (SSSR count). The molecule has 0 radical (unpaired) electrons. The molecule has 1 saturated carbocycles. The molecule has 0 aromatic rings. The quantitative estimate of drug-likeness (QED) is 0.452. The fourth-order valence-electron chi connectivity index (χ4n) is 2.71. The van der Waals surface area contributed by atoms with Crippen molar-refractivity contribution in [3.05, 3.63) is 0 Å². The number of unbranched alkanes of at least 4 members (excludes halogenated alkanes) is 2. The summed E-state index contributed by atoms with van der Waals surface area (Å²) >= 11 is 0. The average molecular weight is 345 g/mol. The Morgan fingerprint density at radius 1 is 1.08 bits per heavy atom. The van der Waals surface area contributed by atoms with Crippen molar-refractivity contribution in [3.63, 3.8) is 0 Å². The van der Waals surface area contributed by atoms with E-state index in [1.165, 1.54) is 6.42 Å². The minimum Gasteiger partial charge on any atom is -0.480 e. The van der Waals surface area contributed by atoms with Crippen LogP contribution < -0.4 is 16.0 Å². The Kier molecular flexibility index (Phi) is 9.79. The molecule has 8 heteroatoms. The lowest BCUT2D eigenvalue weighted by Gasteiger charge is -2.22. The predicted octanol–water partition coefficient (Wildman–Crippen LogP) is 1.72. The molecule has 1 fully saturated rings. The van der Waals surface area contributed by atoms with E-state index in [4.69, 9.17) is 5.11 Å². The Bertz CT molecular complexity index is 414. The van der Waals surface area contributed by atoms with Crippen LogP contribution in [0.5, 0.6) is 0 Å². The van der Waals surface area contributed by atoms with E-state index in [1.807, 2.05) is 0 Å². The Balaban J connectivity index is 2.00. The van der Waals surface area contributed by atoms with E-state index in [-0.39, 0.29) is 18.5 Å². The highest BCUT2D eigenvalue weighted by molar-refractivity contribution is 5.83. The number of amides is 3. The molecule has 1 aliphatic rings. The van der Waals surface area contributed by atoms with E-state index in [0.717, 1.165) is 38.5 Å². The van der Waals surface area contributed by atoms with Gasteiger partial charge in [-0.25, -0.2) is 14.0 Å². The van der Waals surface area contributed by atoms with Crippen LogP contribution >= 0.6 is 0 Å². The van der Waals surface area contributed by atoms with Crippen LogP contribution in [0.2, 0.25) is 0 Å². The molecule has 0 aromatic heterocycles. The van der Waals surface area contributed by atoms with E-state index < -0.39 is 24.6 Å². The van der Waals surface area contributed by atoms with Gasteiger partial charge in [0.2, 0.25) is 5.91 Å². The lowest BCUT2D eigenvalue weighted by Crippen LogP contribution is -2.43. The summed E-state index contributed by atoms with van der Waals surface area (Å²) < 4.78 is 12.4. The van der Waals surface area contributed by atoms with Crippen molar-refractivity contribution in [2.24, 2.45) is 0 Å². The largest absolute Gasteiger partial charge is 0.480 e. The number of halogens is 1. The summed E-state index contributed by atoms with van der Waals surface area (Å²) in [5.41, 5.74) is 0. The normalized spacial score (nSPS) is 16.2. The fraction of sp³-hybridized carbons (Fsp3) is 0.812. The van der Waals surface area contributed by atoms with Gasteiger partial charge in [-0.15, -0.1) is 0 Å². The van der Waals surface area contributed by atoms with Crippen LogP contribution in [0.15, 0.2) is 0 Å². The third kappa shape index (κ3) is 8.69. The van der Waals surface area contributed by atoms with Crippen molar-refractivity contribution in [1.82, 2.24) is 16.0 Å². The second kappa shape index (κ2) is 11.6. The molecule has 0 aliphatic heterocycles. The third-order valence-corrected chi connectivity index (χ3v) is 4.09. The van der Waals surface area contributed by atoms with Gasteiger partial charge in [0.05, 0.1) is 0 Å². The number of rotatable bonds is 10. The van der Waals surface area contributed by atoms with Gasteiger partial charge >= 0.3 is 12.0 Å². The maximum atomic E-state index is 12.4. The second-order valence-electron chi connectivity index (χ2n) is 6.16. The van der Waals surface area contributed by atoms with E-state index in [2.05, 4.69) is 16.0 Å². The Labute approximate surface area is 141 Å². The number of carbonyl (C=O) groups is 3.